The number of rotatable bonds is 3. The molecule has 2 aromatic heterocycles. The summed E-state index contributed by atoms with van der Waals surface area (Å²) in [7, 11) is 0. The van der Waals surface area contributed by atoms with Crippen LogP contribution in [0.2, 0.25) is 0 Å². The number of aromatic nitrogens is 3. The minimum Gasteiger partial charge on any atom is -0.383 e. The molecule has 0 bridgehead atoms. The van der Waals surface area contributed by atoms with Crippen LogP contribution in [0.5, 0.6) is 0 Å². The second-order valence-electron chi connectivity index (χ2n) is 3.88. The van der Waals surface area contributed by atoms with Crippen molar-refractivity contribution in [1.29, 1.82) is 0 Å². The van der Waals surface area contributed by atoms with Gasteiger partial charge in [-0.25, -0.2) is 15.0 Å². The van der Waals surface area contributed by atoms with Crippen LogP contribution in [-0.2, 0) is 0 Å². The predicted molar refractivity (Wildman–Crippen MR) is 70.9 cm³/mol. The summed E-state index contributed by atoms with van der Waals surface area (Å²) in [6.45, 7) is 3.71. The van der Waals surface area contributed by atoms with E-state index in [1.807, 2.05) is 19.9 Å². The van der Waals surface area contributed by atoms with Crippen LogP contribution >= 0.6 is 11.8 Å². The van der Waals surface area contributed by atoms with E-state index in [1.54, 1.807) is 0 Å². The molecule has 8 heteroatoms. The van der Waals surface area contributed by atoms with Crippen LogP contribution in [0.25, 0.3) is 0 Å². The lowest BCUT2D eigenvalue weighted by atomic mass is 10.4. The first-order chi connectivity index (χ1) is 8.94. The number of nitro groups is 1. The molecule has 0 amide bonds. The summed E-state index contributed by atoms with van der Waals surface area (Å²) in [6.07, 6.45) is 0. The highest BCUT2D eigenvalue weighted by Crippen LogP contribution is 2.27. The molecule has 0 saturated heterocycles. The second kappa shape index (κ2) is 5.19. The lowest BCUT2D eigenvalue weighted by Gasteiger charge is -2.03. The molecule has 7 nitrogen and oxygen atoms in total. The quantitative estimate of drug-likeness (QED) is 0.520. The van der Waals surface area contributed by atoms with Crippen molar-refractivity contribution in [3.8, 4) is 0 Å². The van der Waals surface area contributed by atoms with Crippen LogP contribution in [0.4, 0.5) is 11.5 Å². The van der Waals surface area contributed by atoms with Crippen LogP contribution in [0.3, 0.4) is 0 Å². The molecule has 2 rings (SSSR count). The molecule has 98 valence electrons. The van der Waals surface area contributed by atoms with Crippen LogP contribution in [-0.4, -0.2) is 19.9 Å². The average molecular weight is 277 g/mol. The molecule has 0 atom stereocenters. The molecule has 2 aromatic rings. The topological polar surface area (TPSA) is 108 Å². The number of pyridine rings is 1. The van der Waals surface area contributed by atoms with Crippen LogP contribution in [0, 0.1) is 24.0 Å². The molecule has 0 spiro atoms. The van der Waals surface area contributed by atoms with E-state index in [4.69, 9.17) is 5.73 Å². The highest BCUT2D eigenvalue weighted by atomic mass is 32.2. The molecule has 19 heavy (non-hydrogen) atoms. The number of anilines is 1. The molecule has 2 heterocycles. The van der Waals surface area contributed by atoms with Crippen molar-refractivity contribution >= 4 is 23.3 Å². The maximum Gasteiger partial charge on any atom is 0.275 e. The maximum atomic E-state index is 10.7. The van der Waals surface area contributed by atoms with Gasteiger partial charge in [0, 0.05) is 17.5 Å². The van der Waals surface area contributed by atoms with Gasteiger partial charge in [0.25, 0.3) is 5.69 Å². The van der Waals surface area contributed by atoms with Gasteiger partial charge < -0.3 is 5.73 Å². The summed E-state index contributed by atoms with van der Waals surface area (Å²) in [5.74, 6) is 0.0982. The Bertz CT molecular complexity index is 627. The van der Waals surface area contributed by atoms with Crippen molar-refractivity contribution in [2.24, 2.45) is 0 Å². The van der Waals surface area contributed by atoms with Crippen molar-refractivity contribution in [2.75, 3.05) is 5.73 Å². The molecule has 0 saturated carbocycles. The Balaban J connectivity index is 2.35. The minimum atomic E-state index is -0.509. The van der Waals surface area contributed by atoms with Gasteiger partial charge >= 0.3 is 0 Å². The molecule has 0 fully saturated rings. The van der Waals surface area contributed by atoms with Gasteiger partial charge in [0.15, 0.2) is 5.16 Å². The third kappa shape index (κ3) is 3.38. The standard InChI is InChI=1S/C11H11N5O2S/c1-6-3-7(2)14-11(13-6)19-10-5-8(16(17)18)4-9(12)15-10/h3-5H,1-2H3,(H2,12,15). The Labute approximate surface area is 113 Å². The fourth-order valence-corrected chi connectivity index (χ4v) is 2.40. The van der Waals surface area contributed by atoms with E-state index in [2.05, 4.69) is 15.0 Å². The van der Waals surface area contributed by atoms with Gasteiger partial charge in [-0.1, -0.05) is 0 Å². The average Bonchev–Trinajstić information content (AvgIpc) is 2.26. The van der Waals surface area contributed by atoms with Gasteiger partial charge in [-0.3, -0.25) is 10.1 Å². The maximum absolute atomic E-state index is 10.7. The smallest absolute Gasteiger partial charge is 0.275 e. The van der Waals surface area contributed by atoms with E-state index in [1.165, 1.54) is 12.1 Å². The fraction of sp³-hybridized carbons (Fsp3) is 0.182. The van der Waals surface area contributed by atoms with Crippen molar-refractivity contribution in [3.63, 3.8) is 0 Å². The molecular weight excluding hydrogens is 266 g/mol. The monoisotopic (exact) mass is 277 g/mol. The first kappa shape index (κ1) is 13.2. The Hall–Kier alpha value is -2.22. The molecule has 0 aliphatic carbocycles. The van der Waals surface area contributed by atoms with Gasteiger partial charge in [-0.15, -0.1) is 0 Å². The number of nitrogens with zero attached hydrogens (tertiary/aromatic N) is 4. The van der Waals surface area contributed by atoms with E-state index < -0.39 is 4.92 Å². The Morgan fingerprint density at radius 2 is 1.79 bits per heavy atom. The Morgan fingerprint density at radius 1 is 1.16 bits per heavy atom. The van der Waals surface area contributed by atoms with E-state index in [0.29, 0.717) is 10.2 Å². The second-order valence-corrected chi connectivity index (χ2v) is 4.87. The number of aryl methyl sites for hydroxylation is 2. The highest BCUT2D eigenvalue weighted by Gasteiger charge is 2.12. The molecule has 0 aliphatic rings. The number of hydrogen-bond donors (Lipinski definition) is 1. The zero-order valence-electron chi connectivity index (χ0n) is 10.3. The van der Waals surface area contributed by atoms with Gasteiger partial charge in [-0.05, 0) is 31.7 Å². The van der Waals surface area contributed by atoms with E-state index >= 15 is 0 Å². The van der Waals surface area contributed by atoms with E-state index in [0.717, 1.165) is 23.1 Å². The molecule has 0 unspecified atom stereocenters. The number of hydrogen-bond acceptors (Lipinski definition) is 7. The highest BCUT2D eigenvalue weighted by molar-refractivity contribution is 7.99. The van der Waals surface area contributed by atoms with Crippen LogP contribution in [0.1, 0.15) is 11.4 Å². The summed E-state index contributed by atoms with van der Waals surface area (Å²) in [5, 5.41) is 11.6. The largest absolute Gasteiger partial charge is 0.383 e. The lowest BCUT2D eigenvalue weighted by molar-refractivity contribution is -0.385. The summed E-state index contributed by atoms with van der Waals surface area (Å²) >= 11 is 1.14. The zero-order valence-corrected chi connectivity index (χ0v) is 11.1. The van der Waals surface area contributed by atoms with E-state index in [-0.39, 0.29) is 11.5 Å². The summed E-state index contributed by atoms with van der Waals surface area (Å²) in [4.78, 5) is 22.7. The Morgan fingerprint density at radius 3 is 2.37 bits per heavy atom. The zero-order chi connectivity index (χ0) is 14.0. The number of nitrogen functional groups attached to an aromatic ring is 1. The minimum absolute atomic E-state index is 0.0978. The van der Waals surface area contributed by atoms with Gasteiger partial charge in [0.1, 0.15) is 10.8 Å². The third-order valence-corrected chi connectivity index (χ3v) is 2.96. The first-order valence-electron chi connectivity index (χ1n) is 5.36. The summed E-state index contributed by atoms with van der Waals surface area (Å²) < 4.78 is 0. The van der Waals surface area contributed by atoms with Crippen molar-refractivity contribution in [1.82, 2.24) is 15.0 Å². The SMILES string of the molecule is Cc1cc(C)nc(Sc2cc([N+](=O)[O-])cc(N)n2)n1. The summed E-state index contributed by atoms with van der Waals surface area (Å²) in [6, 6.07) is 4.41. The van der Waals surface area contributed by atoms with Crippen molar-refractivity contribution < 1.29 is 4.92 Å². The van der Waals surface area contributed by atoms with Crippen LogP contribution < -0.4 is 5.73 Å². The third-order valence-electron chi connectivity index (χ3n) is 2.17. The Kier molecular flexibility index (Phi) is 3.61. The van der Waals surface area contributed by atoms with Gasteiger partial charge in [-0.2, -0.15) is 0 Å². The fourth-order valence-electron chi connectivity index (χ4n) is 1.50. The van der Waals surface area contributed by atoms with Crippen LogP contribution in [0.15, 0.2) is 28.4 Å². The molecule has 0 radical (unpaired) electrons. The van der Waals surface area contributed by atoms with Crippen molar-refractivity contribution in [3.05, 3.63) is 39.7 Å². The number of nitrogens with two attached hydrogens (primary N) is 1. The molecular formula is C11H11N5O2S. The van der Waals surface area contributed by atoms with Crippen molar-refractivity contribution in [2.45, 2.75) is 24.0 Å². The molecule has 0 aliphatic heterocycles. The first-order valence-corrected chi connectivity index (χ1v) is 6.18. The van der Waals surface area contributed by atoms with E-state index in [9.17, 15) is 10.1 Å². The lowest BCUT2D eigenvalue weighted by Crippen LogP contribution is -1.97. The predicted octanol–water partition coefficient (Wildman–Crippen LogP) is 2.13. The molecule has 2 N–H and O–H groups in total. The normalized spacial score (nSPS) is 10.4. The molecule has 0 aromatic carbocycles. The summed E-state index contributed by atoms with van der Waals surface area (Å²) in [5.41, 5.74) is 7.10. The van der Waals surface area contributed by atoms with Gasteiger partial charge in [0.05, 0.1) is 11.0 Å². The van der Waals surface area contributed by atoms with Gasteiger partial charge in [0.2, 0.25) is 0 Å².